The number of hydrogen-bond acceptors (Lipinski definition) is 5. The van der Waals surface area contributed by atoms with Gasteiger partial charge in [-0.1, -0.05) is 35.0 Å². The summed E-state index contributed by atoms with van der Waals surface area (Å²) in [6, 6.07) is 13.7. The Balaban J connectivity index is 1.68. The van der Waals surface area contributed by atoms with Crippen molar-refractivity contribution in [1.82, 2.24) is 14.5 Å². The van der Waals surface area contributed by atoms with E-state index < -0.39 is 17.7 Å². The van der Waals surface area contributed by atoms with Crippen LogP contribution in [0.25, 0.3) is 5.76 Å². The molecule has 1 saturated heterocycles. The highest BCUT2D eigenvalue weighted by molar-refractivity contribution is 9.10. The number of carbonyl (C=O) groups excluding carboxylic acids is 2. The van der Waals surface area contributed by atoms with Gasteiger partial charge in [-0.05, 0) is 54.8 Å². The molecule has 1 aliphatic heterocycles. The van der Waals surface area contributed by atoms with Crippen molar-refractivity contribution in [1.29, 1.82) is 0 Å². The lowest BCUT2D eigenvalue weighted by Crippen LogP contribution is -2.31. The summed E-state index contributed by atoms with van der Waals surface area (Å²) in [6.07, 6.45) is 6.80. The van der Waals surface area contributed by atoms with E-state index >= 15 is 0 Å². The summed E-state index contributed by atoms with van der Waals surface area (Å²) in [6.45, 7) is 3.64. The number of ketones is 1. The number of likely N-dealkylation sites (tertiary alicyclic amines) is 1. The van der Waals surface area contributed by atoms with Crippen LogP contribution < -0.4 is 4.74 Å². The number of carbonyl (C=O) groups is 2. The van der Waals surface area contributed by atoms with Crippen molar-refractivity contribution in [3.05, 3.63) is 88.4 Å². The van der Waals surface area contributed by atoms with Gasteiger partial charge in [0.15, 0.2) is 0 Å². The molecular weight excluding hydrogens is 498 g/mol. The van der Waals surface area contributed by atoms with E-state index in [1.165, 1.54) is 0 Å². The van der Waals surface area contributed by atoms with Crippen molar-refractivity contribution in [2.45, 2.75) is 32.4 Å². The lowest BCUT2D eigenvalue weighted by atomic mass is 9.95. The summed E-state index contributed by atoms with van der Waals surface area (Å²) >= 11 is 3.48. The molecule has 1 aliphatic rings. The van der Waals surface area contributed by atoms with Crippen LogP contribution in [0.3, 0.4) is 0 Å². The number of aliphatic hydroxyl groups is 1. The van der Waals surface area contributed by atoms with Crippen molar-refractivity contribution < 1.29 is 19.4 Å². The van der Waals surface area contributed by atoms with E-state index in [9.17, 15) is 14.7 Å². The Labute approximate surface area is 206 Å². The average molecular weight is 524 g/mol. The minimum atomic E-state index is -0.684. The van der Waals surface area contributed by atoms with E-state index in [1.807, 2.05) is 42.0 Å². The number of hydrogen-bond donors (Lipinski definition) is 1. The standard InChI is InChI=1S/C26H26BrN3O4/c1-2-15-34-21-9-7-18(8-10-21)24(31)22-23(19-5-3-6-20(27)16-19)30(26(33)25(22)32)13-4-12-29-14-11-28-17-29/h3,5-11,14,16-17,23,31H,2,4,12-13,15H2,1H3/t23-/m0/s1. The van der Waals surface area contributed by atoms with Crippen LogP contribution >= 0.6 is 15.9 Å². The summed E-state index contributed by atoms with van der Waals surface area (Å²) in [5.41, 5.74) is 1.30. The largest absolute Gasteiger partial charge is 0.507 e. The van der Waals surface area contributed by atoms with Gasteiger partial charge in [0, 0.05) is 35.5 Å². The number of halogens is 1. The predicted molar refractivity (Wildman–Crippen MR) is 132 cm³/mol. The Morgan fingerprint density at radius 3 is 2.62 bits per heavy atom. The van der Waals surface area contributed by atoms with Crippen molar-refractivity contribution >= 4 is 33.4 Å². The fourth-order valence-corrected chi connectivity index (χ4v) is 4.48. The number of rotatable bonds is 9. The van der Waals surface area contributed by atoms with Crippen molar-refractivity contribution in [3.8, 4) is 5.75 Å². The molecule has 0 bridgehead atoms. The maximum Gasteiger partial charge on any atom is 0.295 e. The number of Topliss-reactive ketones (excluding diaryl/α,β-unsaturated/α-hetero) is 1. The monoisotopic (exact) mass is 523 g/mol. The molecule has 0 saturated carbocycles. The molecule has 3 aromatic rings. The third-order valence-electron chi connectivity index (χ3n) is 5.68. The first kappa shape index (κ1) is 23.8. The first-order chi connectivity index (χ1) is 16.5. The minimum Gasteiger partial charge on any atom is -0.507 e. The summed E-state index contributed by atoms with van der Waals surface area (Å²) in [4.78, 5) is 31.8. The summed E-state index contributed by atoms with van der Waals surface area (Å²) in [5, 5.41) is 11.2. The Morgan fingerprint density at radius 2 is 1.94 bits per heavy atom. The number of imidazole rings is 1. The Bertz CT molecular complexity index is 1190. The number of aryl methyl sites for hydroxylation is 1. The first-order valence-corrected chi connectivity index (χ1v) is 12.0. The number of nitrogens with zero attached hydrogens (tertiary/aromatic N) is 3. The minimum absolute atomic E-state index is 0.0907. The molecule has 1 amide bonds. The van der Waals surface area contributed by atoms with E-state index in [0.29, 0.717) is 37.4 Å². The third-order valence-corrected chi connectivity index (χ3v) is 6.17. The maximum atomic E-state index is 13.1. The molecule has 176 valence electrons. The van der Waals surface area contributed by atoms with Crippen LogP contribution in [0.5, 0.6) is 5.75 Å². The van der Waals surface area contributed by atoms with Gasteiger partial charge in [-0.15, -0.1) is 0 Å². The van der Waals surface area contributed by atoms with E-state index in [4.69, 9.17) is 4.74 Å². The second-order valence-corrected chi connectivity index (χ2v) is 8.99. The molecule has 1 atom stereocenters. The lowest BCUT2D eigenvalue weighted by Gasteiger charge is -2.25. The second-order valence-electron chi connectivity index (χ2n) is 8.07. The molecule has 0 spiro atoms. The predicted octanol–water partition coefficient (Wildman–Crippen LogP) is 4.95. The van der Waals surface area contributed by atoms with Crippen LogP contribution in [0.1, 0.15) is 36.9 Å². The molecule has 0 unspecified atom stereocenters. The third kappa shape index (κ3) is 5.07. The van der Waals surface area contributed by atoms with Crippen LogP contribution in [0.15, 0.2) is 77.3 Å². The summed E-state index contributed by atoms with van der Waals surface area (Å²) in [5.74, 6) is -0.805. The fourth-order valence-electron chi connectivity index (χ4n) is 4.06. The van der Waals surface area contributed by atoms with Gasteiger partial charge in [0.25, 0.3) is 11.7 Å². The molecule has 7 nitrogen and oxygen atoms in total. The Morgan fingerprint density at radius 1 is 1.15 bits per heavy atom. The van der Waals surface area contributed by atoms with Gasteiger partial charge in [0.05, 0.1) is 24.5 Å². The quantitative estimate of drug-likeness (QED) is 0.243. The normalized spacial score (nSPS) is 17.4. The van der Waals surface area contributed by atoms with Crippen LogP contribution in [0.2, 0.25) is 0 Å². The number of aromatic nitrogens is 2. The zero-order valence-electron chi connectivity index (χ0n) is 18.9. The molecule has 1 fully saturated rings. The molecule has 1 aromatic heterocycles. The summed E-state index contributed by atoms with van der Waals surface area (Å²) < 4.78 is 8.36. The number of aliphatic hydroxyl groups excluding tert-OH is 1. The molecule has 34 heavy (non-hydrogen) atoms. The van der Waals surface area contributed by atoms with Gasteiger partial charge in [0.2, 0.25) is 0 Å². The van der Waals surface area contributed by atoms with Gasteiger partial charge in [0.1, 0.15) is 11.5 Å². The van der Waals surface area contributed by atoms with Gasteiger partial charge in [-0.3, -0.25) is 9.59 Å². The molecule has 0 radical (unpaired) electrons. The van der Waals surface area contributed by atoms with Gasteiger partial charge in [-0.25, -0.2) is 4.98 Å². The number of benzene rings is 2. The van der Waals surface area contributed by atoms with Crippen molar-refractivity contribution in [2.24, 2.45) is 0 Å². The molecule has 4 rings (SSSR count). The zero-order chi connectivity index (χ0) is 24.1. The topological polar surface area (TPSA) is 84.7 Å². The lowest BCUT2D eigenvalue weighted by molar-refractivity contribution is -0.139. The zero-order valence-corrected chi connectivity index (χ0v) is 20.4. The molecule has 8 heteroatoms. The fraction of sp³-hybridized carbons (Fsp3) is 0.269. The molecule has 1 N–H and O–H groups in total. The van der Waals surface area contributed by atoms with Crippen molar-refractivity contribution in [3.63, 3.8) is 0 Å². The molecule has 2 aromatic carbocycles. The van der Waals surface area contributed by atoms with Crippen LogP contribution in [-0.2, 0) is 16.1 Å². The highest BCUT2D eigenvalue weighted by Crippen LogP contribution is 2.40. The Kier molecular flexibility index (Phi) is 7.47. The first-order valence-electron chi connectivity index (χ1n) is 11.2. The van der Waals surface area contributed by atoms with E-state index in [2.05, 4.69) is 20.9 Å². The van der Waals surface area contributed by atoms with E-state index in [-0.39, 0.29) is 11.3 Å². The van der Waals surface area contributed by atoms with Crippen molar-refractivity contribution in [2.75, 3.05) is 13.2 Å². The van der Waals surface area contributed by atoms with E-state index in [0.717, 1.165) is 16.5 Å². The van der Waals surface area contributed by atoms with Gasteiger partial charge < -0.3 is 19.3 Å². The highest BCUT2D eigenvalue weighted by Gasteiger charge is 2.45. The average Bonchev–Trinajstić information content (AvgIpc) is 3.45. The molecule has 2 heterocycles. The summed E-state index contributed by atoms with van der Waals surface area (Å²) in [7, 11) is 0. The van der Waals surface area contributed by atoms with E-state index in [1.54, 1.807) is 41.7 Å². The molecular formula is C26H26BrN3O4. The van der Waals surface area contributed by atoms with Crippen LogP contribution in [0, 0.1) is 0 Å². The van der Waals surface area contributed by atoms with Crippen LogP contribution in [-0.4, -0.2) is 44.4 Å². The highest BCUT2D eigenvalue weighted by atomic mass is 79.9. The van der Waals surface area contributed by atoms with Gasteiger partial charge in [-0.2, -0.15) is 0 Å². The SMILES string of the molecule is CCCOc1ccc(C(O)=C2C(=O)C(=O)N(CCCn3ccnc3)[C@H]2c2cccc(Br)c2)cc1. The smallest absolute Gasteiger partial charge is 0.295 e. The second kappa shape index (κ2) is 10.7. The Hall–Kier alpha value is -3.39. The van der Waals surface area contributed by atoms with Crippen LogP contribution in [0.4, 0.5) is 0 Å². The molecule has 0 aliphatic carbocycles. The number of amides is 1. The van der Waals surface area contributed by atoms with Gasteiger partial charge >= 0.3 is 0 Å². The maximum absolute atomic E-state index is 13.1. The number of ether oxygens (including phenoxy) is 1.